The largest absolute Gasteiger partial charge is 0.341 e. The Bertz CT molecular complexity index is 282. The van der Waals surface area contributed by atoms with E-state index in [2.05, 4.69) is 31.4 Å². The molecule has 0 radical (unpaired) electrons. The van der Waals surface area contributed by atoms with Gasteiger partial charge in [0.2, 0.25) is 5.91 Å². The van der Waals surface area contributed by atoms with Crippen LogP contribution in [0.15, 0.2) is 0 Å². The van der Waals surface area contributed by atoms with Crippen LogP contribution in [-0.2, 0) is 4.79 Å². The van der Waals surface area contributed by atoms with Gasteiger partial charge in [-0.1, -0.05) is 13.8 Å². The second-order valence-electron chi connectivity index (χ2n) is 6.30. The van der Waals surface area contributed by atoms with Crippen molar-refractivity contribution in [2.75, 3.05) is 26.2 Å². The van der Waals surface area contributed by atoms with Crippen molar-refractivity contribution in [3.05, 3.63) is 0 Å². The van der Waals surface area contributed by atoms with Crippen molar-refractivity contribution in [2.45, 2.75) is 45.7 Å². The van der Waals surface area contributed by atoms with Gasteiger partial charge < -0.3 is 15.5 Å². The highest BCUT2D eigenvalue weighted by Gasteiger charge is 2.33. The van der Waals surface area contributed by atoms with Crippen molar-refractivity contribution in [3.8, 4) is 0 Å². The molecule has 0 aromatic carbocycles. The first-order chi connectivity index (χ1) is 7.98. The molecule has 0 spiro atoms. The van der Waals surface area contributed by atoms with Crippen molar-refractivity contribution >= 4 is 5.91 Å². The molecule has 0 saturated carbocycles. The molecule has 2 aliphatic heterocycles. The third-order valence-corrected chi connectivity index (χ3v) is 3.85. The number of amides is 1. The van der Waals surface area contributed by atoms with Gasteiger partial charge in [0.1, 0.15) is 0 Å². The van der Waals surface area contributed by atoms with Gasteiger partial charge in [-0.05, 0) is 25.2 Å². The maximum absolute atomic E-state index is 12.4. The summed E-state index contributed by atoms with van der Waals surface area (Å²) >= 11 is 0. The first-order valence-electron chi connectivity index (χ1n) is 6.73. The minimum atomic E-state index is -0.0277. The van der Waals surface area contributed by atoms with E-state index in [1.165, 1.54) is 6.42 Å². The van der Waals surface area contributed by atoms with Crippen LogP contribution < -0.4 is 10.6 Å². The summed E-state index contributed by atoms with van der Waals surface area (Å²) in [6, 6.07) is 0.442. The zero-order chi connectivity index (χ0) is 12.5. The number of piperazine rings is 1. The molecule has 0 aliphatic carbocycles. The van der Waals surface area contributed by atoms with Crippen LogP contribution in [0.3, 0.4) is 0 Å². The van der Waals surface area contributed by atoms with Crippen LogP contribution in [0, 0.1) is 5.41 Å². The highest BCUT2D eigenvalue weighted by atomic mass is 16.2. The molecule has 0 aromatic rings. The maximum atomic E-state index is 12.4. The number of carbonyl (C=O) groups is 1. The lowest BCUT2D eigenvalue weighted by Gasteiger charge is -2.40. The van der Waals surface area contributed by atoms with Crippen LogP contribution in [0.1, 0.15) is 33.6 Å². The second kappa shape index (κ2) is 4.94. The smallest absolute Gasteiger partial charge is 0.241 e. The summed E-state index contributed by atoms with van der Waals surface area (Å²) in [7, 11) is 0. The van der Waals surface area contributed by atoms with E-state index in [0.29, 0.717) is 6.04 Å². The Morgan fingerprint density at radius 3 is 2.65 bits per heavy atom. The van der Waals surface area contributed by atoms with Crippen molar-refractivity contribution in [1.29, 1.82) is 0 Å². The van der Waals surface area contributed by atoms with Gasteiger partial charge >= 0.3 is 0 Å². The van der Waals surface area contributed by atoms with E-state index in [4.69, 9.17) is 0 Å². The molecule has 4 nitrogen and oxygen atoms in total. The summed E-state index contributed by atoms with van der Waals surface area (Å²) in [5.74, 6) is 0.275. The Balaban J connectivity index is 1.91. The summed E-state index contributed by atoms with van der Waals surface area (Å²) in [6.07, 6.45) is 2.36. The first-order valence-corrected chi connectivity index (χ1v) is 6.73. The van der Waals surface area contributed by atoms with Crippen LogP contribution in [0.4, 0.5) is 0 Å². The molecule has 2 aliphatic rings. The predicted octanol–water partition coefficient (Wildman–Crippen LogP) is 0.585. The van der Waals surface area contributed by atoms with Gasteiger partial charge in [-0.2, -0.15) is 0 Å². The van der Waals surface area contributed by atoms with Crippen LogP contribution in [0.5, 0.6) is 0 Å². The Morgan fingerprint density at radius 1 is 1.29 bits per heavy atom. The van der Waals surface area contributed by atoms with E-state index in [1.807, 2.05) is 4.90 Å². The van der Waals surface area contributed by atoms with Gasteiger partial charge in [0, 0.05) is 32.2 Å². The van der Waals surface area contributed by atoms with E-state index in [-0.39, 0.29) is 17.4 Å². The topological polar surface area (TPSA) is 44.4 Å². The zero-order valence-electron chi connectivity index (χ0n) is 11.3. The van der Waals surface area contributed by atoms with Crippen molar-refractivity contribution < 1.29 is 4.79 Å². The normalized spacial score (nSPS) is 33.5. The number of piperidine rings is 1. The van der Waals surface area contributed by atoms with Crippen molar-refractivity contribution in [2.24, 2.45) is 5.41 Å². The van der Waals surface area contributed by atoms with Gasteiger partial charge in [0.05, 0.1) is 6.04 Å². The molecule has 17 heavy (non-hydrogen) atoms. The quantitative estimate of drug-likeness (QED) is 0.704. The minimum Gasteiger partial charge on any atom is -0.341 e. The molecule has 2 saturated heterocycles. The fraction of sp³-hybridized carbons (Fsp3) is 0.923. The Kier molecular flexibility index (Phi) is 3.73. The molecule has 2 heterocycles. The van der Waals surface area contributed by atoms with E-state index in [0.717, 1.165) is 32.6 Å². The van der Waals surface area contributed by atoms with Gasteiger partial charge in [0.15, 0.2) is 0 Å². The lowest BCUT2D eigenvalue weighted by atomic mass is 9.84. The molecule has 2 rings (SSSR count). The number of nitrogens with one attached hydrogen (secondary N) is 2. The molecule has 4 heteroatoms. The molecule has 2 atom stereocenters. The Labute approximate surface area is 104 Å². The fourth-order valence-corrected chi connectivity index (χ4v) is 2.79. The SMILES string of the molecule is CC1CNC(C(=O)N2CCCC(C)(C)C2)CN1. The third-order valence-electron chi connectivity index (χ3n) is 3.85. The molecule has 1 amide bonds. The highest BCUT2D eigenvalue weighted by molar-refractivity contribution is 5.82. The second-order valence-corrected chi connectivity index (χ2v) is 6.30. The van der Waals surface area contributed by atoms with Gasteiger partial charge in [-0.25, -0.2) is 0 Å². The summed E-state index contributed by atoms with van der Waals surface area (Å²) in [6.45, 7) is 10.1. The monoisotopic (exact) mass is 239 g/mol. The van der Waals surface area contributed by atoms with Crippen LogP contribution in [0.2, 0.25) is 0 Å². The molecule has 2 fully saturated rings. The lowest BCUT2D eigenvalue weighted by molar-refractivity contribution is -0.136. The van der Waals surface area contributed by atoms with E-state index in [9.17, 15) is 4.79 Å². The fourth-order valence-electron chi connectivity index (χ4n) is 2.79. The predicted molar refractivity (Wildman–Crippen MR) is 68.9 cm³/mol. The van der Waals surface area contributed by atoms with Crippen LogP contribution in [-0.4, -0.2) is 49.1 Å². The average molecular weight is 239 g/mol. The molecule has 0 aromatic heterocycles. The van der Waals surface area contributed by atoms with Gasteiger partial charge in [0.25, 0.3) is 0 Å². The molecular formula is C13H25N3O. The first kappa shape index (κ1) is 12.8. The van der Waals surface area contributed by atoms with Crippen molar-refractivity contribution in [1.82, 2.24) is 15.5 Å². The summed E-state index contributed by atoms with van der Waals surface area (Å²) in [4.78, 5) is 14.4. The molecule has 2 N–H and O–H groups in total. The summed E-state index contributed by atoms with van der Waals surface area (Å²) in [5, 5.41) is 6.70. The third kappa shape index (κ3) is 3.19. The van der Waals surface area contributed by atoms with Crippen LogP contribution in [0.25, 0.3) is 0 Å². The Morgan fingerprint density at radius 2 is 2.06 bits per heavy atom. The number of nitrogens with zero attached hydrogens (tertiary/aromatic N) is 1. The lowest BCUT2D eigenvalue weighted by Crippen LogP contribution is -2.60. The molecule has 98 valence electrons. The van der Waals surface area contributed by atoms with Gasteiger partial charge in [-0.15, -0.1) is 0 Å². The minimum absolute atomic E-state index is 0.0277. The zero-order valence-corrected chi connectivity index (χ0v) is 11.3. The van der Waals surface area contributed by atoms with E-state index in [1.54, 1.807) is 0 Å². The van der Waals surface area contributed by atoms with Crippen molar-refractivity contribution in [3.63, 3.8) is 0 Å². The number of rotatable bonds is 1. The van der Waals surface area contributed by atoms with E-state index < -0.39 is 0 Å². The average Bonchev–Trinajstić information content (AvgIpc) is 2.28. The number of likely N-dealkylation sites (tertiary alicyclic amines) is 1. The summed E-state index contributed by atoms with van der Waals surface area (Å²) < 4.78 is 0. The number of carbonyl (C=O) groups excluding carboxylic acids is 1. The highest BCUT2D eigenvalue weighted by Crippen LogP contribution is 2.28. The number of hydrogen-bond donors (Lipinski definition) is 2. The molecule has 2 unspecified atom stereocenters. The number of hydrogen-bond acceptors (Lipinski definition) is 3. The standard InChI is InChI=1S/C13H25N3O/c1-10-7-15-11(8-14-10)12(17)16-6-4-5-13(2,3)9-16/h10-11,14-15H,4-9H2,1-3H3. The summed E-state index contributed by atoms with van der Waals surface area (Å²) in [5.41, 5.74) is 0.281. The maximum Gasteiger partial charge on any atom is 0.241 e. The molecule has 0 bridgehead atoms. The van der Waals surface area contributed by atoms with Crippen LogP contribution >= 0.6 is 0 Å². The van der Waals surface area contributed by atoms with Gasteiger partial charge in [-0.3, -0.25) is 4.79 Å². The Hall–Kier alpha value is -0.610. The molecular weight excluding hydrogens is 214 g/mol. The van der Waals surface area contributed by atoms with E-state index >= 15 is 0 Å².